The van der Waals surface area contributed by atoms with Gasteiger partial charge in [0.05, 0.1) is 11.4 Å². The Balaban J connectivity index is 1.59. The quantitative estimate of drug-likeness (QED) is 0.488. The molecule has 1 heterocycles. The maximum atomic E-state index is 13.7. The highest BCUT2D eigenvalue weighted by molar-refractivity contribution is 7.99. The van der Waals surface area contributed by atoms with E-state index in [0.717, 1.165) is 35.7 Å². The Kier molecular flexibility index (Phi) is 7.27. The Morgan fingerprint density at radius 3 is 2.52 bits per heavy atom. The number of carbonyl (C=O) groups is 1. The number of amides is 1. The van der Waals surface area contributed by atoms with Crippen LogP contribution < -0.4 is 10.1 Å². The van der Waals surface area contributed by atoms with E-state index < -0.39 is 17.5 Å². The van der Waals surface area contributed by atoms with Crippen molar-refractivity contribution in [3.63, 3.8) is 0 Å². The van der Waals surface area contributed by atoms with Crippen molar-refractivity contribution in [3.8, 4) is 5.75 Å². The number of halogens is 2. The van der Waals surface area contributed by atoms with Gasteiger partial charge in [-0.2, -0.15) is 0 Å². The van der Waals surface area contributed by atoms with Crippen LogP contribution in [0.2, 0.25) is 0 Å². The summed E-state index contributed by atoms with van der Waals surface area (Å²) in [5.74, 6) is -0.0674. The van der Waals surface area contributed by atoms with Crippen molar-refractivity contribution in [3.05, 3.63) is 65.5 Å². The molecular weight excluding hydrogens is 422 g/mol. The van der Waals surface area contributed by atoms with Gasteiger partial charge in [-0.25, -0.2) is 8.78 Å². The van der Waals surface area contributed by atoms with Crippen LogP contribution >= 0.6 is 11.8 Å². The lowest BCUT2D eigenvalue weighted by atomic mass is 10.0. The highest BCUT2D eigenvalue weighted by atomic mass is 32.2. The van der Waals surface area contributed by atoms with E-state index in [2.05, 4.69) is 29.4 Å². The molecular formula is C22H24F2N4O2S. The molecule has 31 heavy (non-hydrogen) atoms. The first-order valence-corrected chi connectivity index (χ1v) is 10.8. The van der Waals surface area contributed by atoms with Crippen LogP contribution in [-0.4, -0.2) is 26.4 Å². The topological polar surface area (TPSA) is 69.0 Å². The van der Waals surface area contributed by atoms with Crippen molar-refractivity contribution in [1.82, 2.24) is 14.8 Å². The molecule has 0 saturated heterocycles. The summed E-state index contributed by atoms with van der Waals surface area (Å²) < 4.78 is 34.6. The maximum absolute atomic E-state index is 13.7. The number of benzene rings is 2. The molecule has 2 aromatic carbocycles. The van der Waals surface area contributed by atoms with Gasteiger partial charge in [0.1, 0.15) is 17.4 Å². The molecule has 1 unspecified atom stereocenters. The first-order valence-electron chi connectivity index (χ1n) is 9.78. The zero-order valence-corrected chi connectivity index (χ0v) is 18.5. The lowest BCUT2D eigenvalue weighted by Gasteiger charge is -2.15. The molecule has 3 rings (SSSR count). The number of rotatable bonds is 8. The van der Waals surface area contributed by atoms with Crippen molar-refractivity contribution in [2.45, 2.75) is 37.9 Å². The number of aromatic nitrogens is 3. The number of carbonyl (C=O) groups excluding carboxylic acids is 1. The number of hydrogen-bond acceptors (Lipinski definition) is 5. The predicted octanol–water partition coefficient (Wildman–Crippen LogP) is 5.09. The molecule has 0 aliphatic heterocycles. The van der Waals surface area contributed by atoms with E-state index in [1.54, 1.807) is 11.6 Å². The zero-order valence-electron chi connectivity index (χ0n) is 17.7. The third kappa shape index (κ3) is 5.81. The van der Waals surface area contributed by atoms with Gasteiger partial charge in [0.15, 0.2) is 17.1 Å². The molecule has 3 aromatic rings. The fourth-order valence-electron chi connectivity index (χ4n) is 2.90. The summed E-state index contributed by atoms with van der Waals surface area (Å²) in [4.78, 5) is 12.1. The highest BCUT2D eigenvalue weighted by Crippen LogP contribution is 2.25. The van der Waals surface area contributed by atoms with E-state index in [0.29, 0.717) is 16.9 Å². The van der Waals surface area contributed by atoms with Crippen LogP contribution in [0.5, 0.6) is 5.75 Å². The van der Waals surface area contributed by atoms with Gasteiger partial charge in [0.25, 0.3) is 0 Å². The highest BCUT2D eigenvalue weighted by Gasteiger charge is 2.18. The van der Waals surface area contributed by atoms with Gasteiger partial charge < -0.3 is 14.6 Å². The first-order chi connectivity index (χ1) is 14.7. The lowest BCUT2D eigenvalue weighted by molar-refractivity contribution is -0.113. The predicted molar refractivity (Wildman–Crippen MR) is 116 cm³/mol. The van der Waals surface area contributed by atoms with Crippen LogP contribution in [0.25, 0.3) is 0 Å². The molecule has 0 fully saturated rings. The van der Waals surface area contributed by atoms with Crippen molar-refractivity contribution < 1.29 is 18.3 Å². The Hall–Kier alpha value is -2.94. The van der Waals surface area contributed by atoms with Gasteiger partial charge in [0.2, 0.25) is 5.91 Å². The molecule has 0 aliphatic rings. The Bertz CT molecular complexity index is 1050. The van der Waals surface area contributed by atoms with E-state index in [-0.39, 0.29) is 17.5 Å². The number of nitrogens with one attached hydrogen (secondary N) is 1. The molecule has 0 aliphatic carbocycles. The van der Waals surface area contributed by atoms with Gasteiger partial charge >= 0.3 is 0 Å². The van der Waals surface area contributed by atoms with Crippen LogP contribution in [0.3, 0.4) is 0 Å². The van der Waals surface area contributed by atoms with Crippen molar-refractivity contribution in [2.75, 3.05) is 11.1 Å². The summed E-state index contributed by atoms with van der Waals surface area (Å²) >= 11 is 1.14. The van der Waals surface area contributed by atoms with Crippen LogP contribution in [0, 0.1) is 11.6 Å². The molecule has 1 atom stereocenters. The molecule has 0 bridgehead atoms. The number of anilines is 1. The van der Waals surface area contributed by atoms with E-state index >= 15 is 0 Å². The standard InChI is InChI=1S/C22H24F2N4O2S/c1-13(2)15-5-8-17(9-6-15)30-14(3)21-26-27-22(28(21)4)31-12-20(29)25-19-11-16(23)7-10-18(19)24/h5-11,13-14H,12H2,1-4H3,(H,25,29). The summed E-state index contributed by atoms with van der Waals surface area (Å²) in [5.41, 5.74) is 1.03. The molecule has 0 spiro atoms. The Morgan fingerprint density at radius 1 is 1.13 bits per heavy atom. The molecule has 6 nitrogen and oxygen atoms in total. The second-order valence-electron chi connectivity index (χ2n) is 7.34. The van der Waals surface area contributed by atoms with E-state index in [1.807, 2.05) is 31.2 Å². The third-order valence-corrected chi connectivity index (χ3v) is 5.65. The fourth-order valence-corrected chi connectivity index (χ4v) is 3.62. The zero-order chi connectivity index (χ0) is 22.5. The Morgan fingerprint density at radius 2 is 1.84 bits per heavy atom. The lowest BCUT2D eigenvalue weighted by Crippen LogP contribution is -2.16. The minimum Gasteiger partial charge on any atom is -0.483 e. The van der Waals surface area contributed by atoms with Crippen LogP contribution in [-0.2, 0) is 11.8 Å². The summed E-state index contributed by atoms with van der Waals surface area (Å²) in [6.07, 6.45) is -0.355. The minimum absolute atomic E-state index is 0.0339. The van der Waals surface area contributed by atoms with Crippen LogP contribution in [0.15, 0.2) is 47.6 Å². The average Bonchev–Trinajstić information content (AvgIpc) is 3.10. The molecule has 1 N–H and O–H groups in total. The fraction of sp³-hybridized carbons (Fsp3) is 0.318. The largest absolute Gasteiger partial charge is 0.483 e. The average molecular weight is 447 g/mol. The van der Waals surface area contributed by atoms with Crippen molar-refractivity contribution in [1.29, 1.82) is 0 Å². The number of hydrogen-bond donors (Lipinski definition) is 1. The van der Waals surface area contributed by atoms with Gasteiger partial charge in [0, 0.05) is 13.1 Å². The van der Waals surface area contributed by atoms with Gasteiger partial charge in [-0.05, 0) is 42.7 Å². The molecule has 0 saturated carbocycles. The first kappa shape index (κ1) is 22.7. The molecule has 0 radical (unpaired) electrons. The normalized spacial score (nSPS) is 12.1. The number of nitrogens with zero attached hydrogens (tertiary/aromatic N) is 3. The third-order valence-electron chi connectivity index (χ3n) is 4.63. The second-order valence-corrected chi connectivity index (χ2v) is 8.29. The van der Waals surface area contributed by atoms with Crippen LogP contribution in [0.4, 0.5) is 14.5 Å². The second kappa shape index (κ2) is 9.91. The van der Waals surface area contributed by atoms with E-state index in [4.69, 9.17) is 4.74 Å². The monoisotopic (exact) mass is 446 g/mol. The van der Waals surface area contributed by atoms with Crippen molar-refractivity contribution >= 4 is 23.4 Å². The summed E-state index contributed by atoms with van der Waals surface area (Å²) in [5, 5.41) is 11.1. The number of ether oxygens (including phenoxy) is 1. The summed E-state index contributed by atoms with van der Waals surface area (Å²) in [7, 11) is 1.78. The number of thioether (sulfide) groups is 1. The molecule has 1 aromatic heterocycles. The molecule has 9 heteroatoms. The van der Waals surface area contributed by atoms with Gasteiger partial charge in [-0.1, -0.05) is 37.7 Å². The van der Waals surface area contributed by atoms with Gasteiger partial charge in [-0.15, -0.1) is 10.2 Å². The maximum Gasteiger partial charge on any atom is 0.234 e. The van der Waals surface area contributed by atoms with E-state index in [1.165, 1.54) is 5.56 Å². The summed E-state index contributed by atoms with van der Waals surface area (Å²) in [6, 6.07) is 10.8. The molecule has 164 valence electrons. The SMILES string of the molecule is CC(C)c1ccc(OC(C)c2nnc(SCC(=O)Nc3cc(F)ccc3F)n2C)cc1. The summed E-state index contributed by atoms with van der Waals surface area (Å²) in [6.45, 7) is 6.13. The van der Waals surface area contributed by atoms with Crippen molar-refractivity contribution in [2.24, 2.45) is 7.05 Å². The van der Waals surface area contributed by atoms with Crippen LogP contribution in [0.1, 0.15) is 44.2 Å². The van der Waals surface area contributed by atoms with Gasteiger partial charge in [-0.3, -0.25) is 4.79 Å². The Labute approximate surface area is 184 Å². The van der Waals surface area contributed by atoms with E-state index in [9.17, 15) is 13.6 Å². The smallest absolute Gasteiger partial charge is 0.234 e. The molecule has 1 amide bonds. The minimum atomic E-state index is -0.701.